The van der Waals surface area contributed by atoms with E-state index in [1.807, 2.05) is 7.05 Å². The van der Waals surface area contributed by atoms with Crippen LogP contribution < -0.4 is 5.32 Å². The van der Waals surface area contributed by atoms with Crippen LogP contribution in [0.2, 0.25) is 0 Å². The average Bonchev–Trinajstić information content (AvgIpc) is 2.87. The Hall–Kier alpha value is 0.0500. The van der Waals surface area contributed by atoms with E-state index in [0.29, 0.717) is 27.7 Å². The lowest BCUT2D eigenvalue weighted by atomic mass is 10.1. The molecule has 0 radical (unpaired) electrons. The van der Waals surface area contributed by atoms with Crippen LogP contribution in [-0.2, 0) is 10.0 Å². The molecule has 1 aromatic rings. The van der Waals surface area contributed by atoms with Crippen LogP contribution in [0.15, 0.2) is 20.1 Å². The molecule has 2 rings (SSSR count). The van der Waals surface area contributed by atoms with Crippen molar-refractivity contribution in [1.29, 1.82) is 0 Å². The molecular weight excluding hydrogens is 324 g/mol. The summed E-state index contributed by atoms with van der Waals surface area (Å²) in [6, 6.07) is 1.78. The van der Waals surface area contributed by atoms with Crippen LogP contribution in [0.1, 0.15) is 6.42 Å². The molecule has 7 heteroatoms. The highest BCUT2D eigenvalue weighted by molar-refractivity contribution is 9.10. The molecule has 1 N–H and O–H groups in total. The number of sulfonamides is 1. The first-order chi connectivity index (χ1) is 8.05. The highest BCUT2D eigenvalue weighted by Crippen LogP contribution is 2.32. The van der Waals surface area contributed by atoms with Crippen LogP contribution >= 0.6 is 27.3 Å². The van der Waals surface area contributed by atoms with Crippen LogP contribution in [0.3, 0.4) is 0 Å². The minimum atomic E-state index is -3.30. The van der Waals surface area contributed by atoms with Gasteiger partial charge in [0.25, 0.3) is 10.0 Å². The SMILES string of the molecule is CNC[C@@H]1CCN(S(=O)(=O)c2sccc2Br)C1. The first kappa shape index (κ1) is 13.5. The number of hydrogen-bond acceptors (Lipinski definition) is 4. The molecule has 1 fully saturated rings. The molecular formula is C10H15BrN2O2S2. The molecule has 2 heterocycles. The van der Waals surface area contributed by atoms with Gasteiger partial charge in [-0.3, -0.25) is 0 Å². The normalized spacial score (nSPS) is 22.1. The smallest absolute Gasteiger partial charge is 0.253 e. The Bertz CT molecular complexity index is 486. The first-order valence-electron chi connectivity index (χ1n) is 5.43. The average molecular weight is 339 g/mol. The van der Waals surface area contributed by atoms with Gasteiger partial charge in [-0.1, -0.05) is 0 Å². The van der Waals surface area contributed by atoms with Gasteiger partial charge < -0.3 is 5.32 Å². The Morgan fingerprint density at radius 2 is 2.41 bits per heavy atom. The summed E-state index contributed by atoms with van der Waals surface area (Å²) in [5.74, 6) is 0.425. The van der Waals surface area contributed by atoms with Crippen molar-refractivity contribution >= 4 is 37.3 Å². The molecule has 0 aromatic carbocycles. The quantitative estimate of drug-likeness (QED) is 0.909. The van der Waals surface area contributed by atoms with Crippen LogP contribution in [0.5, 0.6) is 0 Å². The Kier molecular flexibility index (Phi) is 4.25. The van der Waals surface area contributed by atoms with E-state index in [0.717, 1.165) is 13.0 Å². The second-order valence-electron chi connectivity index (χ2n) is 4.13. The second kappa shape index (κ2) is 5.36. The van der Waals surface area contributed by atoms with Crippen molar-refractivity contribution in [3.8, 4) is 0 Å². The van der Waals surface area contributed by atoms with Crippen LogP contribution in [0.25, 0.3) is 0 Å². The zero-order chi connectivity index (χ0) is 12.5. The largest absolute Gasteiger partial charge is 0.319 e. The van der Waals surface area contributed by atoms with Crippen molar-refractivity contribution in [3.63, 3.8) is 0 Å². The highest BCUT2D eigenvalue weighted by atomic mass is 79.9. The number of halogens is 1. The maximum absolute atomic E-state index is 12.4. The summed E-state index contributed by atoms with van der Waals surface area (Å²) in [4.78, 5) is 0. The maximum Gasteiger partial charge on any atom is 0.253 e. The third-order valence-corrected chi connectivity index (χ3v) is 7.41. The van der Waals surface area contributed by atoms with Crippen molar-refractivity contribution in [2.75, 3.05) is 26.7 Å². The van der Waals surface area contributed by atoms with Gasteiger partial charge in [-0.25, -0.2) is 8.42 Å². The van der Waals surface area contributed by atoms with Gasteiger partial charge in [-0.05, 0) is 53.3 Å². The molecule has 96 valence electrons. The van der Waals surface area contributed by atoms with E-state index in [4.69, 9.17) is 0 Å². The number of nitrogens with zero attached hydrogens (tertiary/aromatic N) is 1. The van der Waals surface area contributed by atoms with E-state index in [-0.39, 0.29) is 0 Å². The van der Waals surface area contributed by atoms with Gasteiger partial charge in [0.2, 0.25) is 0 Å². The Morgan fingerprint density at radius 3 is 3.00 bits per heavy atom. The Labute approximate surface area is 114 Å². The molecule has 0 spiro atoms. The molecule has 0 bridgehead atoms. The van der Waals surface area contributed by atoms with Gasteiger partial charge in [0.05, 0.1) is 0 Å². The van der Waals surface area contributed by atoms with Crippen LogP contribution in [0.4, 0.5) is 0 Å². The number of thiophene rings is 1. The summed E-state index contributed by atoms with van der Waals surface area (Å²) >= 11 is 4.55. The van der Waals surface area contributed by atoms with E-state index in [1.54, 1.807) is 15.8 Å². The van der Waals surface area contributed by atoms with Gasteiger partial charge in [0.1, 0.15) is 4.21 Å². The lowest BCUT2D eigenvalue weighted by Gasteiger charge is -2.15. The molecule has 4 nitrogen and oxygen atoms in total. The van der Waals surface area contributed by atoms with E-state index < -0.39 is 10.0 Å². The van der Waals surface area contributed by atoms with E-state index in [2.05, 4.69) is 21.2 Å². The van der Waals surface area contributed by atoms with E-state index in [9.17, 15) is 8.42 Å². The van der Waals surface area contributed by atoms with Gasteiger partial charge in [0, 0.05) is 17.6 Å². The van der Waals surface area contributed by atoms with Gasteiger partial charge in [-0.2, -0.15) is 4.31 Å². The van der Waals surface area contributed by atoms with E-state index in [1.165, 1.54) is 11.3 Å². The van der Waals surface area contributed by atoms with Gasteiger partial charge in [0.15, 0.2) is 0 Å². The van der Waals surface area contributed by atoms with Crippen LogP contribution in [-0.4, -0.2) is 39.4 Å². The Morgan fingerprint density at radius 1 is 1.65 bits per heavy atom. The monoisotopic (exact) mass is 338 g/mol. The molecule has 1 aliphatic rings. The van der Waals surface area contributed by atoms with Crippen molar-refractivity contribution in [1.82, 2.24) is 9.62 Å². The van der Waals surface area contributed by atoms with Crippen molar-refractivity contribution in [2.24, 2.45) is 5.92 Å². The molecule has 0 unspecified atom stereocenters. The fourth-order valence-corrected chi connectivity index (χ4v) is 6.03. The van der Waals surface area contributed by atoms with Crippen molar-refractivity contribution in [3.05, 3.63) is 15.9 Å². The molecule has 0 amide bonds. The van der Waals surface area contributed by atoms with Gasteiger partial charge in [-0.15, -0.1) is 11.3 Å². The third-order valence-electron chi connectivity index (χ3n) is 2.90. The standard InChI is InChI=1S/C10H15BrN2O2S2/c1-12-6-8-2-4-13(7-8)17(14,15)10-9(11)3-5-16-10/h3,5,8,12H,2,4,6-7H2,1H3/t8-/m0/s1. The lowest BCUT2D eigenvalue weighted by molar-refractivity contribution is 0.452. The summed E-state index contributed by atoms with van der Waals surface area (Å²) < 4.78 is 27.4. The third kappa shape index (κ3) is 2.73. The molecule has 17 heavy (non-hydrogen) atoms. The second-order valence-corrected chi connectivity index (χ2v) is 8.04. The molecule has 1 aliphatic heterocycles. The summed E-state index contributed by atoms with van der Waals surface area (Å²) in [6.07, 6.45) is 0.934. The maximum atomic E-state index is 12.4. The Balaban J connectivity index is 2.16. The summed E-state index contributed by atoms with van der Waals surface area (Å²) in [5, 5.41) is 4.89. The molecule has 1 aromatic heterocycles. The minimum absolute atomic E-state index is 0.419. The molecule has 0 aliphatic carbocycles. The summed E-state index contributed by atoms with van der Waals surface area (Å²) in [6.45, 7) is 2.12. The highest BCUT2D eigenvalue weighted by Gasteiger charge is 2.33. The zero-order valence-electron chi connectivity index (χ0n) is 9.52. The number of nitrogens with one attached hydrogen (secondary N) is 1. The van der Waals surface area contributed by atoms with Crippen LogP contribution in [0, 0.1) is 5.92 Å². The summed E-state index contributed by atoms with van der Waals surface area (Å²) in [7, 11) is -1.40. The minimum Gasteiger partial charge on any atom is -0.319 e. The first-order valence-corrected chi connectivity index (χ1v) is 8.54. The number of rotatable bonds is 4. The predicted octanol–water partition coefficient (Wildman–Crippen LogP) is 1.74. The van der Waals surface area contributed by atoms with E-state index >= 15 is 0 Å². The molecule has 0 saturated carbocycles. The fraction of sp³-hybridized carbons (Fsp3) is 0.600. The zero-order valence-corrected chi connectivity index (χ0v) is 12.7. The molecule has 1 saturated heterocycles. The molecule has 1 atom stereocenters. The fourth-order valence-electron chi connectivity index (χ4n) is 2.05. The number of hydrogen-bond donors (Lipinski definition) is 1. The predicted molar refractivity (Wildman–Crippen MR) is 72.8 cm³/mol. The van der Waals surface area contributed by atoms with Gasteiger partial charge >= 0.3 is 0 Å². The van der Waals surface area contributed by atoms with Crippen molar-refractivity contribution < 1.29 is 8.42 Å². The lowest BCUT2D eigenvalue weighted by Crippen LogP contribution is -2.30. The topological polar surface area (TPSA) is 49.4 Å². The van der Waals surface area contributed by atoms with Crippen molar-refractivity contribution in [2.45, 2.75) is 10.6 Å². The summed E-state index contributed by atoms with van der Waals surface area (Å²) in [5.41, 5.74) is 0.